The second-order valence-corrected chi connectivity index (χ2v) is 2.56. The van der Waals surface area contributed by atoms with Gasteiger partial charge in [0.2, 0.25) is 0 Å². The molecule has 1 rings (SSSR count). The van der Waals surface area contributed by atoms with Crippen molar-refractivity contribution >= 4 is 12.0 Å². The smallest absolute Gasteiger partial charge is 0.266 e. The van der Waals surface area contributed by atoms with Crippen LogP contribution in [0.25, 0.3) is 0 Å². The van der Waals surface area contributed by atoms with Crippen LogP contribution < -0.4 is 5.73 Å². The van der Waals surface area contributed by atoms with Gasteiger partial charge in [-0.1, -0.05) is 0 Å². The summed E-state index contributed by atoms with van der Waals surface area (Å²) < 4.78 is 24.5. The van der Waals surface area contributed by atoms with Crippen LogP contribution in [-0.2, 0) is 0 Å². The molecule has 0 aliphatic heterocycles. The molecule has 0 fully saturated rings. The maximum Gasteiger partial charge on any atom is 0.266 e. The van der Waals surface area contributed by atoms with E-state index in [0.717, 1.165) is 6.07 Å². The first-order chi connectivity index (χ1) is 6.06. The Balaban J connectivity index is 3.32. The first-order valence-corrected chi connectivity index (χ1v) is 3.56. The van der Waals surface area contributed by atoms with Crippen molar-refractivity contribution in [3.8, 4) is 0 Å². The summed E-state index contributed by atoms with van der Waals surface area (Å²) in [6.45, 7) is 1.55. The standard InChI is InChI=1S/C8H8F2N2O/c1-4-6(11)2-5(8(9)10)7(3-13)12-4/h2-3,8H,11H2,1H3. The van der Waals surface area contributed by atoms with Crippen molar-refractivity contribution in [1.82, 2.24) is 4.98 Å². The molecule has 1 heterocycles. The molecule has 2 N–H and O–H groups in total. The molecule has 0 saturated heterocycles. The molecule has 70 valence electrons. The van der Waals surface area contributed by atoms with Crippen LogP contribution in [0, 0.1) is 6.92 Å². The average Bonchev–Trinajstić information content (AvgIpc) is 2.08. The van der Waals surface area contributed by atoms with Gasteiger partial charge in [0, 0.05) is 5.56 Å². The molecular weight excluding hydrogens is 178 g/mol. The Morgan fingerprint density at radius 3 is 2.69 bits per heavy atom. The van der Waals surface area contributed by atoms with Gasteiger partial charge in [-0.25, -0.2) is 13.8 Å². The summed E-state index contributed by atoms with van der Waals surface area (Å²) in [6.07, 6.45) is -2.43. The predicted octanol–water partition coefficient (Wildman–Crippen LogP) is 1.72. The highest BCUT2D eigenvalue weighted by molar-refractivity contribution is 5.75. The molecule has 0 aliphatic rings. The number of carbonyl (C=O) groups is 1. The number of nitrogens with zero attached hydrogens (tertiary/aromatic N) is 1. The van der Waals surface area contributed by atoms with Gasteiger partial charge in [0.1, 0.15) is 5.69 Å². The highest BCUT2D eigenvalue weighted by Gasteiger charge is 2.15. The van der Waals surface area contributed by atoms with Crippen molar-refractivity contribution in [2.24, 2.45) is 0 Å². The second-order valence-electron chi connectivity index (χ2n) is 2.56. The first-order valence-electron chi connectivity index (χ1n) is 3.56. The van der Waals surface area contributed by atoms with E-state index < -0.39 is 12.0 Å². The van der Waals surface area contributed by atoms with Gasteiger partial charge < -0.3 is 5.73 Å². The normalized spacial score (nSPS) is 10.5. The van der Waals surface area contributed by atoms with Crippen LogP contribution in [-0.4, -0.2) is 11.3 Å². The van der Waals surface area contributed by atoms with E-state index in [1.165, 1.54) is 0 Å². The lowest BCUT2D eigenvalue weighted by Gasteiger charge is -2.06. The zero-order chi connectivity index (χ0) is 10.0. The Kier molecular flexibility index (Phi) is 2.55. The third-order valence-corrected chi connectivity index (χ3v) is 1.66. The van der Waals surface area contributed by atoms with Crippen LogP contribution in [0.1, 0.15) is 28.2 Å². The molecule has 0 unspecified atom stereocenters. The fourth-order valence-electron chi connectivity index (χ4n) is 0.925. The summed E-state index contributed by atoms with van der Waals surface area (Å²) in [5, 5.41) is 0. The van der Waals surface area contributed by atoms with Crippen molar-refractivity contribution in [3.05, 3.63) is 23.0 Å². The molecule has 0 radical (unpaired) electrons. The van der Waals surface area contributed by atoms with E-state index in [4.69, 9.17) is 5.73 Å². The van der Waals surface area contributed by atoms with Gasteiger partial charge in [-0.05, 0) is 13.0 Å². The number of hydrogen-bond acceptors (Lipinski definition) is 3. The van der Waals surface area contributed by atoms with E-state index >= 15 is 0 Å². The van der Waals surface area contributed by atoms with Gasteiger partial charge in [0.25, 0.3) is 6.43 Å². The van der Waals surface area contributed by atoms with Crippen LogP contribution in [0.3, 0.4) is 0 Å². The maximum atomic E-state index is 12.3. The predicted molar refractivity (Wildman–Crippen MR) is 43.7 cm³/mol. The molecule has 3 nitrogen and oxygen atoms in total. The van der Waals surface area contributed by atoms with E-state index in [0.29, 0.717) is 12.0 Å². The summed E-state index contributed by atoms with van der Waals surface area (Å²) in [6, 6.07) is 1.08. The van der Waals surface area contributed by atoms with E-state index in [1.807, 2.05) is 0 Å². The molecule has 1 aromatic rings. The number of aromatic nitrogens is 1. The molecule has 0 bridgehead atoms. The van der Waals surface area contributed by atoms with Gasteiger partial charge in [-0.3, -0.25) is 4.79 Å². The van der Waals surface area contributed by atoms with E-state index in [-0.39, 0.29) is 11.4 Å². The molecular formula is C8H8F2N2O. The number of halogens is 2. The Labute approximate surface area is 73.6 Å². The Bertz CT molecular complexity index is 339. The summed E-state index contributed by atoms with van der Waals surface area (Å²) in [4.78, 5) is 14.0. The average molecular weight is 186 g/mol. The molecule has 13 heavy (non-hydrogen) atoms. The second kappa shape index (κ2) is 3.47. The van der Waals surface area contributed by atoms with Crippen LogP contribution >= 0.6 is 0 Å². The SMILES string of the molecule is Cc1nc(C=O)c(C(F)F)cc1N. The zero-order valence-electron chi connectivity index (χ0n) is 6.92. The number of aryl methyl sites for hydroxylation is 1. The van der Waals surface area contributed by atoms with Gasteiger partial charge in [-0.2, -0.15) is 0 Å². The number of alkyl halides is 2. The van der Waals surface area contributed by atoms with Crippen molar-refractivity contribution in [3.63, 3.8) is 0 Å². The van der Waals surface area contributed by atoms with Crippen LogP contribution in [0.15, 0.2) is 6.07 Å². The first kappa shape index (κ1) is 9.57. The number of aldehydes is 1. The van der Waals surface area contributed by atoms with Crippen molar-refractivity contribution in [1.29, 1.82) is 0 Å². The zero-order valence-corrected chi connectivity index (χ0v) is 6.92. The lowest BCUT2D eigenvalue weighted by Crippen LogP contribution is -2.02. The largest absolute Gasteiger partial charge is 0.397 e. The van der Waals surface area contributed by atoms with Crippen LogP contribution in [0.5, 0.6) is 0 Å². The number of pyridine rings is 1. The summed E-state index contributed by atoms with van der Waals surface area (Å²) in [5.74, 6) is 0. The van der Waals surface area contributed by atoms with E-state index in [2.05, 4.69) is 4.98 Å². The van der Waals surface area contributed by atoms with Gasteiger partial charge in [0.15, 0.2) is 6.29 Å². The van der Waals surface area contributed by atoms with Crippen molar-refractivity contribution in [2.45, 2.75) is 13.3 Å². The minimum absolute atomic E-state index is 0.168. The van der Waals surface area contributed by atoms with Crippen LogP contribution in [0.4, 0.5) is 14.5 Å². The number of rotatable bonds is 2. The van der Waals surface area contributed by atoms with Crippen LogP contribution in [0.2, 0.25) is 0 Å². The lowest BCUT2D eigenvalue weighted by atomic mass is 10.1. The highest BCUT2D eigenvalue weighted by Crippen LogP contribution is 2.24. The quantitative estimate of drug-likeness (QED) is 0.715. The minimum atomic E-state index is -2.73. The summed E-state index contributed by atoms with van der Waals surface area (Å²) in [7, 11) is 0. The molecule has 0 aromatic carbocycles. The van der Waals surface area contributed by atoms with Crippen molar-refractivity contribution in [2.75, 3.05) is 5.73 Å². The van der Waals surface area contributed by atoms with Gasteiger partial charge in [-0.15, -0.1) is 0 Å². The lowest BCUT2D eigenvalue weighted by molar-refractivity contribution is 0.110. The molecule has 0 saturated carbocycles. The number of hydrogen-bond donors (Lipinski definition) is 1. The molecule has 0 atom stereocenters. The van der Waals surface area contributed by atoms with Crippen molar-refractivity contribution < 1.29 is 13.6 Å². The molecule has 5 heteroatoms. The molecule has 0 aliphatic carbocycles. The molecule has 1 aromatic heterocycles. The highest BCUT2D eigenvalue weighted by atomic mass is 19.3. The number of nitrogen functional groups attached to an aromatic ring is 1. The maximum absolute atomic E-state index is 12.3. The van der Waals surface area contributed by atoms with Gasteiger partial charge >= 0.3 is 0 Å². The Hall–Kier alpha value is -1.52. The summed E-state index contributed by atoms with van der Waals surface area (Å²) in [5.41, 5.74) is 5.25. The summed E-state index contributed by atoms with van der Waals surface area (Å²) >= 11 is 0. The monoisotopic (exact) mass is 186 g/mol. The van der Waals surface area contributed by atoms with E-state index in [1.54, 1.807) is 6.92 Å². The number of nitrogens with two attached hydrogens (primary N) is 1. The Morgan fingerprint density at radius 1 is 1.62 bits per heavy atom. The fraction of sp³-hybridized carbons (Fsp3) is 0.250. The molecule has 0 spiro atoms. The third kappa shape index (κ3) is 1.80. The topological polar surface area (TPSA) is 56.0 Å². The third-order valence-electron chi connectivity index (χ3n) is 1.66. The van der Waals surface area contributed by atoms with Gasteiger partial charge in [0.05, 0.1) is 11.4 Å². The Morgan fingerprint density at radius 2 is 2.23 bits per heavy atom. The fourth-order valence-corrected chi connectivity index (χ4v) is 0.925. The molecule has 0 amide bonds. The van der Waals surface area contributed by atoms with E-state index in [9.17, 15) is 13.6 Å². The minimum Gasteiger partial charge on any atom is -0.397 e. The number of carbonyl (C=O) groups excluding carboxylic acids is 1. The number of anilines is 1.